The molecule has 1 atom stereocenters. The molecule has 0 saturated carbocycles. The maximum Gasteiger partial charge on any atom is 0.416 e. The number of alkyl halides is 3. The van der Waals surface area contributed by atoms with Crippen molar-refractivity contribution in [2.24, 2.45) is 5.73 Å². The second-order valence-electron chi connectivity index (χ2n) is 12.6. The summed E-state index contributed by atoms with van der Waals surface area (Å²) in [6.07, 6.45) is -2.27. The number of carbonyl (C=O) groups is 1. The molecule has 0 bridgehead atoms. The SMILES string of the molecule is Cc1cc(SC(CC(=O)C=C(N)c2ccc(F)cc2)c2sc(-c3ccc(C(F)(F)F)cc3)nc2C)ccc1CC(C)(C)[Si](C)(C)O. The lowest BCUT2D eigenvalue weighted by molar-refractivity contribution is -0.137. The molecule has 1 unspecified atom stereocenters. The first-order chi connectivity index (χ1) is 21.3. The monoisotopic (exact) mass is 686 g/mol. The maximum atomic E-state index is 13.4. The van der Waals surface area contributed by atoms with Crippen LogP contribution in [0.15, 0.2) is 77.7 Å². The molecule has 0 radical (unpaired) electrons. The van der Waals surface area contributed by atoms with E-state index in [0.29, 0.717) is 21.8 Å². The second kappa shape index (κ2) is 13.8. The van der Waals surface area contributed by atoms with E-state index in [0.717, 1.165) is 39.5 Å². The fourth-order valence-corrected chi connectivity index (χ4v) is 7.97. The van der Waals surface area contributed by atoms with Crippen LogP contribution >= 0.6 is 23.1 Å². The molecule has 0 saturated heterocycles. The summed E-state index contributed by atoms with van der Waals surface area (Å²) in [4.78, 5) is 30.6. The van der Waals surface area contributed by atoms with Gasteiger partial charge in [-0.15, -0.1) is 23.1 Å². The molecule has 11 heteroatoms. The van der Waals surface area contributed by atoms with E-state index >= 15 is 0 Å². The summed E-state index contributed by atoms with van der Waals surface area (Å²) in [6.45, 7) is 11.9. The zero-order chi connectivity index (χ0) is 34.0. The first kappa shape index (κ1) is 35.6. The van der Waals surface area contributed by atoms with Crippen molar-refractivity contribution >= 4 is 42.9 Å². The molecule has 3 N–H and O–H groups in total. The van der Waals surface area contributed by atoms with Crippen LogP contribution < -0.4 is 5.73 Å². The topological polar surface area (TPSA) is 76.2 Å². The van der Waals surface area contributed by atoms with Gasteiger partial charge in [0.2, 0.25) is 0 Å². The minimum absolute atomic E-state index is 0.0835. The summed E-state index contributed by atoms with van der Waals surface area (Å²) >= 11 is 2.86. The van der Waals surface area contributed by atoms with Crippen LogP contribution in [0.25, 0.3) is 16.3 Å². The lowest BCUT2D eigenvalue weighted by Crippen LogP contribution is -2.40. The summed E-state index contributed by atoms with van der Waals surface area (Å²) in [6, 6.07) is 16.6. The Balaban J connectivity index is 1.66. The molecular formula is C35H38F4N2O2S2Si. The Bertz CT molecular complexity index is 1730. The number of nitrogens with two attached hydrogens (primary N) is 1. The summed E-state index contributed by atoms with van der Waals surface area (Å²) in [5, 5.41) is -0.0341. The largest absolute Gasteiger partial charge is 0.432 e. The van der Waals surface area contributed by atoms with Crippen LogP contribution in [0.2, 0.25) is 18.1 Å². The highest BCUT2D eigenvalue weighted by Crippen LogP contribution is 2.45. The van der Waals surface area contributed by atoms with E-state index in [9.17, 15) is 27.2 Å². The van der Waals surface area contributed by atoms with Gasteiger partial charge in [0, 0.05) is 33.5 Å². The molecule has 3 aromatic carbocycles. The summed E-state index contributed by atoms with van der Waals surface area (Å²) in [7, 11) is -2.42. The van der Waals surface area contributed by atoms with Crippen LogP contribution in [-0.2, 0) is 17.4 Å². The van der Waals surface area contributed by atoms with Gasteiger partial charge >= 0.3 is 6.18 Å². The third-order valence-electron chi connectivity index (χ3n) is 8.35. The van der Waals surface area contributed by atoms with Crippen molar-refractivity contribution < 1.29 is 27.2 Å². The number of halogens is 4. The average molecular weight is 687 g/mol. The lowest BCUT2D eigenvalue weighted by atomic mass is 9.98. The van der Waals surface area contributed by atoms with Crippen molar-refractivity contribution in [1.29, 1.82) is 0 Å². The Labute approximate surface area is 276 Å². The molecule has 0 amide bonds. The van der Waals surface area contributed by atoms with Crippen molar-refractivity contribution in [1.82, 2.24) is 4.98 Å². The molecule has 0 aliphatic rings. The highest BCUT2D eigenvalue weighted by molar-refractivity contribution is 7.99. The van der Waals surface area contributed by atoms with E-state index in [2.05, 4.69) is 31.0 Å². The number of allylic oxidation sites excluding steroid dienone is 1. The van der Waals surface area contributed by atoms with Gasteiger partial charge in [-0.2, -0.15) is 13.2 Å². The predicted molar refractivity (Wildman–Crippen MR) is 183 cm³/mol. The number of aryl methyl sites for hydroxylation is 2. The van der Waals surface area contributed by atoms with Gasteiger partial charge < -0.3 is 10.5 Å². The fourth-order valence-electron chi connectivity index (χ4n) is 4.76. The van der Waals surface area contributed by atoms with E-state index in [-0.39, 0.29) is 28.2 Å². The minimum Gasteiger partial charge on any atom is -0.432 e. The minimum atomic E-state index is -4.44. The maximum absolute atomic E-state index is 13.4. The third-order valence-corrected chi connectivity index (χ3v) is 14.5. The third kappa shape index (κ3) is 8.76. The number of thioether (sulfide) groups is 1. The number of aromatic nitrogens is 1. The number of ketones is 1. The van der Waals surface area contributed by atoms with E-state index in [1.54, 1.807) is 0 Å². The normalized spacial score (nSPS) is 13.6. The molecule has 0 fully saturated rings. The summed E-state index contributed by atoms with van der Waals surface area (Å²) in [5.41, 5.74) is 9.67. The number of thiazole rings is 1. The number of rotatable bonds is 11. The van der Waals surface area contributed by atoms with E-state index in [4.69, 9.17) is 5.73 Å². The fraction of sp³-hybridized carbons (Fsp3) is 0.314. The molecule has 4 aromatic rings. The Morgan fingerprint density at radius 2 is 1.67 bits per heavy atom. The van der Waals surface area contributed by atoms with Crippen molar-refractivity contribution in [3.63, 3.8) is 0 Å². The molecule has 4 nitrogen and oxygen atoms in total. The average Bonchev–Trinajstić information content (AvgIpc) is 3.34. The summed E-state index contributed by atoms with van der Waals surface area (Å²) in [5.74, 6) is -0.635. The van der Waals surface area contributed by atoms with Crippen LogP contribution in [0.1, 0.15) is 58.3 Å². The highest BCUT2D eigenvalue weighted by atomic mass is 32.2. The van der Waals surface area contributed by atoms with Crippen LogP contribution in [0.5, 0.6) is 0 Å². The zero-order valence-corrected chi connectivity index (χ0v) is 29.3. The number of nitrogens with zero attached hydrogens (tertiary/aromatic N) is 1. The number of carbonyl (C=O) groups excluding carboxylic acids is 1. The van der Waals surface area contributed by atoms with Crippen LogP contribution in [-0.4, -0.2) is 23.9 Å². The van der Waals surface area contributed by atoms with Gasteiger partial charge in [-0.1, -0.05) is 44.2 Å². The highest BCUT2D eigenvalue weighted by Gasteiger charge is 2.38. The second-order valence-corrected chi connectivity index (χ2v) is 19.4. The molecule has 46 heavy (non-hydrogen) atoms. The first-order valence-corrected chi connectivity index (χ1v) is 19.4. The van der Waals surface area contributed by atoms with Crippen molar-refractivity contribution in [2.75, 3.05) is 0 Å². The molecular weight excluding hydrogens is 649 g/mol. The number of hydrogen-bond donors (Lipinski definition) is 2. The van der Waals surface area contributed by atoms with E-state index in [1.165, 1.54) is 65.6 Å². The van der Waals surface area contributed by atoms with E-state index in [1.807, 2.05) is 33.0 Å². The van der Waals surface area contributed by atoms with Crippen LogP contribution in [0.3, 0.4) is 0 Å². The lowest BCUT2D eigenvalue weighted by Gasteiger charge is -2.35. The molecule has 1 aromatic heterocycles. The van der Waals surface area contributed by atoms with Crippen LogP contribution in [0, 0.1) is 19.7 Å². The van der Waals surface area contributed by atoms with Gasteiger partial charge in [0.05, 0.1) is 16.5 Å². The molecule has 244 valence electrons. The van der Waals surface area contributed by atoms with E-state index < -0.39 is 25.9 Å². The van der Waals surface area contributed by atoms with Gasteiger partial charge in [-0.05, 0) is 91.5 Å². The van der Waals surface area contributed by atoms with Gasteiger partial charge in [-0.3, -0.25) is 4.79 Å². The zero-order valence-electron chi connectivity index (χ0n) is 26.6. The van der Waals surface area contributed by atoms with Gasteiger partial charge in [-0.25, -0.2) is 9.37 Å². The Morgan fingerprint density at radius 3 is 2.24 bits per heavy atom. The van der Waals surface area contributed by atoms with Crippen molar-refractivity contribution in [3.05, 3.63) is 111 Å². The number of benzene rings is 3. The molecule has 4 rings (SSSR count). The Morgan fingerprint density at radius 1 is 1.04 bits per heavy atom. The van der Waals surface area contributed by atoms with Crippen LogP contribution in [0.4, 0.5) is 17.6 Å². The van der Waals surface area contributed by atoms with Gasteiger partial charge in [0.25, 0.3) is 0 Å². The molecule has 0 aliphatic heterocycles. The standard InChI is InChI=1S/C35H38F4N2O2S2Si/c1-21-17-29(16-11-25(21)20-34(3,4)46(5,6)43)44-31(19-28(42)18-30(40)23-9-14-27(36)15-10-23)32-22(2)41-33(45-32)24-7-12-26(13-8-24)35(37,38)39/h7-18,31,43H,19-20,40H2,1-6H3. The van der Waals surface area contributed by atoms with Gasteiger partial charge in [0.15, 0.2) is 14.1 Å². The van der Waals surface area contributed by atoms with Crippen molar-refractivity contribution in [3.8, 4) is 10.6 Å². The Hall–Kier alpha value is -3.25. The molecule has 0 spiro atoms. The quantitative estimate of drug-likeness (QED) is 0.0711. The van der Waals surface area contributed by atoms with Crippen molar-refractivity contribution in [2.45, 2.75) is 75.0 Å². The Kier molecular flexibility index (Phi) is 10.7. The smallest absolute Gasteiger partial charge is 0.416 e. The molecule has 1 heterocycles. The first-order valence-electron chi connectivity index (χ1n) is 14.7. The molecule has 0 aliphatic carbocycles. The van der Waals surface area contributed by atoms with Gasteiger partial charge in [0.1, 0.15) is 10.8 Å². The number of hydrogen-bond acceptors (Lipinski definition) is 6. The summed E-state index contributed by atoms with van der Waals surface area (Å²) < 4.78 is 52.8. The predicted octanol–water partition coefficient (Wildman–Crippen LogP) is 9.90.